The minimum absolute atomic E-state index is 0.806. The van der Waals surface area contributed by atoms with Gasteiger partial charge < -0.3 is 9.32 Å². The number of fused-ring (bicyclic) bond motifs is 19. The van der Waals surface area contributed by atoms with E-state index < -0.39 is 0 Å². The summed E-state index contributed by atoms with van der Waals surface area (Å²) in [5, 5.41) is 21.0. The van der Waals surface area contributed by atoms with Gasteiger partial charge in [-0.3, -0.25) is 9.55 Å². The summed E-state index contributed by atoms with van der Waals surface area (Å²) in [4.78, 5) is 12.8. The fraction of sp³-hybridized carbons (Fsp3) is 0. The number of hydrogen-bond acceptors (Lipinski definition) is 4. The van der Waals surface area contributed by atoms with E-state index >= 15 is 0 Å². The van der Waals surface area contributed by atoms with Crippen molar-refractivity contribution in [3.8, 4) is 16.9 Å². The van der Waals surface area contributed by atoms with E-state index in [1.54, 1.807) is 0 Å². The van der Waals surface area contributed by atoms with Crippen LogP contribution >= 0.6 is 0 Å². The van der Waals surface area contributed by atoms with Gasteiger partial charge in [-0.15, -0.1) is 0 Å². The smallest absolute Gasteiger partial charge is 0.160 e. The van der Waals surface area contributed by atoms with Crippen LogP contribution in [-0.4, -0.2) is 14.5 Å². The van der Waals surface area contributed by atoms with Crippen LogP contribution in [0.25, 0.3) is 147 Å². The molecule has 0 bridgehead atoms. The topological polar surface area (TPSA) is 47.1 Å². The Morgan fingerprint density at radius 3 is 1.70 bits per heavy atom. The molecule has 0 radical (unpaired) electrons. The zero-order valence-corrected chi connectivity index (χ0v) is 41.4. The van der Waals surface area contributed by atoms with Crippen LogP contribution in [0.4, 0.5) is 17.1 Å². The van der Waals surface area contributed by atoms with Crippen molar-refractivity contribution in [1.82, 2.24) is 14.5 Å². The molecular formula is C72H42N4O. The SMILES string of the molecule is c1cc(-c2ccc3oc4c(ccc5c6cc7c8ccccc8c8ccccc8c7cc6n(-c6ccc7ccc8cccnc8c7n6)c54)c3c2)cc(N(c2ccc3ccccc3c2)c2c3ccccc3cc3ccccc23)c1. The summed E-state index contributed by atoms with van der Waals surface area (Å²) < 4.78 is 9.51. The lowest BCUT2D eigenvalue weighted by Gasteiger charge is -2.29. The molecule has 0 N–H and O–H groups in total. The fourth-order valence-corrected chi connectivity index (χ4v) is 12.8. The first-order chi connectivity index (χ1) is 38.2. The largest absolute Gasteiger partial charge is 0.454 e. The quantitative estimate of drug-likeness (QED) is 0.127. The second-order valence-electron chi connectivity index (χ2n) is 20.5. The third-order valence-electron chi connectivity index (χ3n) is 16.3. The number of rotatable bonds is 5. The highest BCUT2D eigenvalue weighted by atomic mass is 16.3. The molecule has 0 unspecified atom stereocenters. The number of furan rings is 1. The first-order valence-corrected chi connectivity index (χ1v) is 26.3. The average Bonchev–Trinajstić information content (AvgIpc) is 4.27. The number of aromatic nitrogens is 3. The molecule has 0 spiro atoms. The highest BCUT2D eigenvalue weighted by Crippen LogP contribution is 2.48. The molecule has 4 heterocycles. The lowest BCUT2D eigenvalue weighted by Crippen LogP contribution is -2.11. The van der Waals surface area contributed by atoms with Crippen LogP contribution in [0.2, 0.25) is 0 Å². The van der Waals surface area contributed by atoms with Crippen molar-refractivity contribution in [1.29, 1.82) is 0 Å². The summed E-state index contributed by atoms with van der Waals surface area (Å²) in [6, 6.07) is 90.5. The van der Waals surface area contributed by atoms with E-state index in [9.17, 15) is 0 Å². The third-order valence-corrected chi connectivity index (χ3v) is 16.3. The Balaban J connectivity index is 0.902. The Labute approximate surface area is 440 Å². The van der Waals surface area contributed by atoms with Gasteiger partial charge in [0.1, 0.15) is 11.4 Å². The van der Waals surface area contributed by atoms with Gasteiger partial charge in [0, 0.05) is 60.7 Å². The maximum Gasteiger partial charge on any atom is 0.160 e. The standard InChI is InChI=1S/C72H42N4O/c1-2-14-46-38-52(31-28-43(46)13-1)75(70-53-20-5-3-15-49(53)37-50-16-4-6-21-54(50)70)51-19-11-17-47(39-51)48-29-34-66-64(40-48)60-33-32-59-63-41-61-57-24-9-7-22-55(57)56-23-8-10-25-58(56)62(61)42-65(63)76(71(59)72(60)77-66)67-35-30-45-27-26-44-18-12-36-73-68(44)69(45)74-67/h1-42H. The molecular weight excluding hydrogens is 937 g/mol. The van der Waals surface area contributed by atoms with Crippen LogP contribution in [0.3, 0.4) is 0 Å². The van der Waals surface area contributed by atoms with Crippen LogP contribution in [-0.2, 0) is 0 Å². The minimum Gasteiger partial charge on any atom is -0.454 e. The van der Waals surface area contributed by atoms with E-state index in [4.69, 9.17) is 14.4 Å². The zero-order chi connectivity index (χ0) is 50.3. The van der Waals surface area contributed by atoms with Crippen molar-refractivity contribution in [2.75, 3.05) is 4.90 Å². The van der Waals surface area contributed by atoms with Gasteiger partial charge in [0.25, 0.3) is 0 Å². The third kappa shape index (κ3) is 6.23. The number of pyridine rings is 2. The van der Waals surface area contributed by atoms with Gasteiger partial charge in [0.15, 0.2) is 5.58 Å². The van der Waals surface area contributed by atoms with Gasteiger partial charge in [0.2, 0.25) is 0 Å². The van der Waals surface area contributed by atoms with Gasteiger partial charge in [-0.2, -0.15) is 0 Å². The Hall–Kier alpha value is -10.4. The van der Waals surface area contributed by atoms with Gasteiger partial charge in [-0.1, -0.05) is 170 Å². The number of anilines is 3. The second kappa shape index (κ2) is 16.1. The van der Waals surface area contributed by atoms with Crippen molar-refractivity contribution in [2.45, 2.75) is 0 Å². The first kappa shape index (κ1) is 42.0. The lowest BCUT2D eigenvalue weighted by molar-refractivity contribution is 0.671. The Morgan fingerprint density at radius 1 is 0.338 bits per heavy atom. The van der Waals surface area contributed by atoms with E-state index in [1.807, 2.05) is 12.3 Å². The summed E-state index contributed by atoms with van der Waals surface area (Å²) in [7, 11) is 0. The summed E-state index contributed by atoms with van der Waals surface area (Å²) >= 11 is 0. The highest BCUT2D eigenvalue weighted by Gasteiger charge is 2.24. The van der Waals surface area contributed by atoms with Gasteiger partial charge in [-0.05, 0) is 144 Å². The van der Waals surface area contributed by atoms with Crippen LogP contribution < -0.4 is 4.90 Å². The van der Waals surface area contributed by atoms with Crippen LogP contribution in [0.1, 0.15) is 0 Å². The van der Waals surface area contributed by atoms with Crippen molar-refractivity contribution < 1.29 is 4.42 Å². The number of benzene rings is 13. The van der Waals surface area contributed by atoms with E-state index in [-0.39, 0.29) is 0 Å². The number of hydrogen-bond donors (Lipinski definition) is 0. The Bertz CT molecular complexity index is 5320. The lowest BCUT2D eigenvalue weighted by atomic mass is 9.93. The van der Waals surface area contributed by atoms with E-state index in [1.165, 1.54) is 64.6 Å². The molecule has 17 rings (SSSR count). The zero-order valence-electron chi connectivity index (χ0n) is 41.4. The predicted molar refractivity (Wildman–Crippen MR) is 324 cm³/mol. The maximum absolute atomic E-state index is 7.17. The van der Waals surface area contributed by atoms with Gasteiger partial charge >= 0.3 is 0 Å². The van der Waals surface area contributed by atoms with Crippen LogP contribution in [0.15, 0.2) is 259 Å². The molecule has 0 fully saturated rings. The molecule has 0 amide bonds. The van der Waals surface area contributed by atoms with Crippen molar-refractivity contribution in [3.63, 3.8) is 0 Å². The molecule has 0 atom stereocenters. The Kier molecular flexibility index (Phi) is 8.77. The molecule has 77 heavy (non-hydrogen) atoms. The fourth-order valence-electron chi connectivity index (χ4n) is 12.8. The van der Waals surface area contributed by atoms with Crippen LogP contribution in [0.5, 0.6) is 0 Å². The highest BCUT2D eigenvalue weighted by molar-refractivity contribution is 6.30. The summed E-state index contributed by atoms with van der Waals surface area (Å²) in [5.41, 5.74) is 11.0. The maximum atomic E-state index is 7.17. The molecule has 0 saturated heterocycles. The van der Waals surface area contributed by atoms with Crippen LogP contribution in [0, 0.1) is 0 Å². The molecule has 356 valence electrons. The molecule has 13 aromatic carbocycles. The minimum atomic E-state index is 0.806. The first-order valence-electron chi connectivity index (χ1n) is 26.3. The van der Waals surface area contributed by atoms with E-state index in [2.05, 4.69) is 252 Å². The molecule has 4 aromatic heterocycles. The molecule has 0 aliphatic heterocycles. The normalized spacial score (nSPS) is 12.2. The monoisotopic (exact) mass is 978 g/mol. The summed E-state index contributed by atoms with van der Waals surface area (Å²) in [5.74, 6) is 0.806. The molecule has 0 saturated carbocycles. The molecule has 5 heteroatoms. The van der Waals surface area contributed by atoms with Crippen molar-refractivity contribution in [2.24, 2.45) is 0 Å². The van der Waals surface area contributed by atoms with Gasteiger partial charge in [-0.25, -0.2) is 4.98 Å². The van der Waals surface area contributed by atoms with E-state index in [0.717, 1.165) is 99.6 Å². The molecule has 0 aliphatic carbocycles. The molecule has 5 nitrogen and oxygen atoms in total. The van der Waals surface area contributed by atoms with Crippen molar-refractivity contribution >= 4 is 147 Å². The molecule has 0 aliphatic rings. The molecule has 17 aromatic rings. The predicted octanol–water partition coefficient (Wildman–Crippen LogP) is 19.8. The van der Waals surface area contributed by atoms with E-state index in [0.29, 0.717) is 0 Å². The van der Waals surface area contributed by atoms with Crippen molar-refractivity contribution in [3.05, 3.63) is 255 Å². The van der Waals surface area contributed by atoms with Gasteiger partial charge in [0.05, 0.1) is 27.8 Å². The summed E-state index contributed by atoms with van der Waals surface area (Å²) in [6.07, 6.45) is 1.86. The Morgan fingerprint density at radius 2 is 0.935 bits per heavy atom. The second-order valence-corrected chi connectivity index (χ2v) is 20.5. The average molecular weight is 979 g/mol. The summed E-state index contributed by atoms with van der Waals surface area (Å²) in [6.45, 7) is 0. The number of nitrogens with zero attached hydrogens (tertiary/aromatic N) is 4.